The number of carbonyl (C=O) groups excluding carboxylic acids is 3. The lowest BCUT2D eigenvalue weighted by molar-refractivity contribution is -0.170. The molecule has 2 amide bonds. The zero-order chi connectivity index (χ0) is 20.5. The van der Waals surface area contributed by atoms with E-state index in [4.69, 9.17) is 9.47 Å². The second-order valence-corrected chi connectivity index (χ2v) is 8.79. The number of rotatable bonds is 5. The Kier molecular flexibility index (Phi) is 5.69. The molecule has 2 saturated heterocycles. The zero-order valence-corrected chi connectivity index (χ0v) is 17.0. The van der Waals surface area contributed by atoms with Gasteiger partial charge in [-0.3, -0.25) is 9.59 Å². The van der Waals surface area contributed by atoms with Crippen LogP contribution < -0.4 is 10.1 Å². The molecule has 2 heterocycles. The van der Waals surface area contributed by atoms with Crippen molar-refractivity contribution in [2.24, 2.45) is 0 Å². The summed E-state index contributed by atoms with van der Waals surface area (Å²) in [5.74, 6) is -0.102. The van der Waals surface area contributed by atoms with Crippen LogP contribution in [0.25, 0.3) is 0 Å². The number of nitrogens with zero attached hydrogens (tertiary/aromatic N) is 1. The van der Waals surface area contributed by atoms with E-state index >= 15 is 0 Å². The van der Waals surface area contributed by atoms with Gasteiger partial charge in [0.2, 0.25) is 5.91 Å². The number of fused-ring (bicyclic) bond motifs is 1. The van der Waals surface area contributed by atoms with Gasteiger partial charge in [-0.05, 0) is 38.5 Å². The van der Waals surface area contributed by atoms with E-state index in [1.165, 1.54) is 16.7 Å². The van der Waals surface area contributed by atoms with Crippen LogP contribution in [0.15, 0.2) is 42.5 Å². The number of nitrogens with one attached hydrogen (secondary N) is 1. The SMILES string of the molecule is C=C1CS[C@@H]2[C@H](NC(=O)COc3ccccc3)C(=O)N2C1C(=O)OC(C)(C)C. The highest BCUT2D eigenvalue weighted by molar-refractivity contribution is 8.00. The van der Waals surface area contributed by atoms with Crippen molar-refractivity contribution >= 4 is 29.5 Å². The van der Waals surface area contributed by atoms with Gasteiger partial charge < -0.3 is 19.7 Å². The van der Waals surface area contributed by atoms with Gasteiger partial charge in [0.15, 0.2) is 12.6 Å². The monoisotopic (exact) mass is 404 g/mol. The Balaban J connectivity index is 1.59. The molecule has 28 heavy (non-hydrogen) atoms. The van der Waals surface area contributed by atoms with Crippen molar-refractivity contribution < 1.29 is 23.9 Å². The highest BCUT2D eigenvalue weighted by Crippen LogP contribution is 2.40. The number of esters is 1. The lowest BCUT2D eigenvalue weighted by atomic mass is 9.98. The molecule has 0 aliphatic carbocycles. The number of β-lactam (4-membered cyclic amide) rings is 1. The van der Waals surface area contributed by atoms with E-state index in [0.29, 0.717) is 17.1 Å². The lowest BCUT2D eigenvalue weighted by Crippen LogP contribution is -2.75. The van der Waals surface area contributed by atoms with Crippen LogP contribution in [-0.4, -0.2) is 58.1 Å². The predicted octanol–water partition coefficient (Wildman–Crippen LogP) is 1.73. The van der Waals surface area contributed by atoms with Gasteiger partial charge in [0.05, 0.1) is 0 Å². The average molecular weight is 404 g/mol. The number of ether oxygens (including phenoxy) is 2. The summed E-state index contributed by atoms with van der Waals surface area (Å²) in [6, 6.07) is 7.46. The summed E-state index contributed by atoms with van der Waals surface area (Å²) >= 11 is 1.47. The summed E-state index contributed by atoms with van der Waals surface area (Å²) in [7, 11) is 0. The minimum absolute atomic E-state index is 0.187. The molecule has 1 unspecified atom stereocenters. The smallest absolute Gasteiger partial charge is 0.333 e. The van der Waals surface area contributed by atoms with Crippen LogP contribution in [0.3, 0.4) is 0 Å². The number of amides is 2. The minimum Gasteiger partial charge on any atom is -0.484 e. The van der Waals surface area contributed by atoms with Gasteiger partial charge in [0, 0.05) is 5.75 Å². The number of hydrogen-bond acceptors (Lipinski definition) is 6. The standard InChI is InChI=1S/C20H24N2O5S/c1-12-11-28-18-15(21-14(23)10-26-13-8-6-5-7-9-13)17(24)22(18)16(12)19(25)27-20(2,3)4/h5-9,15-16,18H,1,10-11H2,2-4H3,(H,21,23)/t15-,16?,18-/m1/s1. The molecule has 1 N–H and O–H groups in total. The molecule has 0 radical (unpaired) electrons. The Bertz CT molecular complexity index is 790. The summed E-state index contributed by atoms with van der Waals surface area (Å²) in [5.41, 5.74) is -0.0330. The number of thioether (sulfide) groups is 1. The van der Waals surface area contributed by atoms with Crippen molar-refractivity contribution in [2.75, 3.05) is 12.4 Å². The molecular formula is C20H24N2O5S. The van der Waals surface area contributed by atoms with Crippen LogP contribution in [0.5, 0.6) is 5.75 Å². The molecule has 8 heteroatoms. The second-order valence-electron chi connectivity index (χ2n) is 7.69. The summed E-state index contributed by atoms with van der Waals surface area (Å²) in [6.07, 6.45) is 0. The van der Waals surface area contributed by atoms with E-state index in [0.717, 1.165) is 0 Å². The fourth-order valence-electron chi connectivity index (χ4n) is 3.06. The van der Waals surface area contributed by atoms with E-state index in [-0.39, 0.29) is 23.8 Å². The lowest BCUT2D eigenvalue weighted by Gasteiger charge is -2.53. The first-order valence-electron chi connectivity index (χ1n) is 8.99. The fraction of sp³-hybridized carbons (Fsp3) is 0.450. The second kappa shape index (κ2) is 7.87. The summed E-state index contributed by atoms with van der Waals surface area (Å²) in [6.45, 7) is 9.06. The summed E-state index contributed by atoms with van der Waals surface area (Å²) < 4.78 is 10.9. The number of carbonyl (C=O) groups is 3. The van der Waals surface area contributed by atoms with E-state index < -0.39 is 23.7 Å². The van der Waals surface area contributed by atoms with Gasteiger partial charge in [-0.25, -0.2) is 4.79 Å². The van der Waals surface area contributed by atoms with Crippen molar-refractivity contribution in [2.45, 2.75) is 43.8 Å². The zero-order valence-electron chi connectivity index (χ0n) is 16.1. The average Bonchev–Trinajstić information content (AvgIpc) is 2.63. The Morgan fingerprint density at radius 1 is 1.29 bits per heavy atom. The maximum absolute atomic E-state index is 12.6. The molecule has 1 aromatic carbocycles. The van der Waals surface area contributed by atoms with Crippen LogP contribution in [-0.2, 0) is 19.1 Å². The molecule has 0 saturated carbocycles. The van der Waals surface area contributed by atoms with Gasteiger partial charge in [0.25, 0.3) is 5.91 Å². The third-order valence-electron chi connectivity index (χ3n) is 4.24. The number of para-hydroxylation sites is 1. The van der Waals surface area contributed by atoms with Gasteiger partial charge in [0.1, 0.15) is 22.8 Å². The van der Waals surface area contributed by atoms with Gasteiger partial charge in [-0.1, -0.05) is 24.8 Å². The van der Waals surface area contributed by atoms with Crippen molar-refractivity contribution in [3.05, 3.63) is 42.5 Å². The minimum atomic E-state index is -0.813. The first kappa shape index (κ1) is 20.3. The Labute approximate surface area is 168 Å². The summed E-state index contributed by atoms with van der Waals surface area (Å²) in [5, 5.41) is 2.38. The first-order valence-corrected chi connectivity index (χ1v) is 10.0. The normalized spacial score (nSPS) is 24.1. The molecule has 150 valence electrons. The molecular weight excluding hydrogens is 380 g/mol. The van der Waals surface area contributed by atoms with Gasteiger partial charge in [-0.2, -0.15) is 0 Å². The third-order valence-corrected chi connectivity index (χ3v) is 5.62. The molecule has 1 aromatic rings. The highest BCUT2D eigenvalue weighted by atomic mass is 32.2. The van der Waals surface area contributed by atoms with Crippen molar-refractivity contribution in [3.8, 4) is 5.75 Å². The maximum atomic E-state index is 12.6. The topological polar surface area (TPSA) is 84.9 Å². The van der Waals surface area contributed by atoms with Gasteiger partial charge in [-0.15, -0.1) is 11.8 Å². The molecule has 2 aliphatic rings. The van der Waals surface area contributed by atoms with Crippen molar-refractivity contribution in [1.29, 1.82) is 0 Å². The molecule has 2 fully saturated rings. The molecule has 0 aromatic heterocycles. The Morgan fingerprint density at radius 2 is 1.96 bits per heavy atom. The number of benzene rings is 1. The van der Waals surface area contributed by atoms with Crippen LogP contribution in [0.4, 0.5) is 0 Å². The molecule has 3 rings (SSSR count). The number of hydrogen-bond donors (Lipinski definition) is 1. The Hall–Kier alpha value is -2.48. The van der Waals surface area contributed by atoms with Crippen LogP contribution in [0.2, 0.25) is 0 Å². The molecule has 7 nitrogen and oxygen atoms in total. The fourth-order valence-corrected chi connectivity index (χ4v) is 4.36. The van der Waals surface area contributed by atoms with E-state index in [1.807, 2.05) is 18.2 Å². The molecule has 0 spiro atoms. The van der Waals surface area contributed by atoms with Gasteiger partial charge >= 0.3 is 5.97 Å². The maximum Gasteiger partial charge on any atom is 0.333 e. The highest BCUT2D eigenvalue weighted by Gasteiger charge is 2.56. The Morgan fingerprint density at radius 3 is 2.61 bits per heavy atom. The molecule has 0 bridgehead atoms. The van der Waals surface area contributed by atoms with Crippen molar-refractivity contribution in [3.63, 3.8) is 0 Å². The first-order chi connectivity index (χ1) is 13.2. The predicted molar refractivity (Wildman–Crippen MR) is 106 cm³/mol. The molecule has 2 aliphatic heterocycles. The summed E-state index contributed by atoms with van der Waals surface area (Å²) in [4.78, 5) is 38.8. The largest absolute Gasteiger partial charge is 0.484 e. The van der Waals surface area contributed by atoms with E-state index in [2.05, 4.69) is 11.9 Å². The van der Waals surface area contributed by atoms with E-state index in [9.17, 15) is 14.4 Å². The van der Waals surface area contributed by atoms with E-state index in [1.54, 1.807) is 32.9 Å². The quantitative estimate of drug-likeness (QED) is 0.457. The van der Waals surface area contributed by atoms with Crippen LogP contribution in [0.1, 0.15) is 20.8 Å². The molecule has 3 atom stereocenters. The third kappa shape index (κ3) is 4.32. The van der Waals surface area contributed by atoms with Crippen LogP contribution in [0, 0.1) is 0 Å². The van der Waals surface area contributed by atoms with Crippen LogP contribution >= 0.6 is 11.8 Å². The van der Waals surface area contributed by atoms with Crippen molar-refractivity contribution in [1.82, 2.24) is 10.2 Å².